The Balaban J connectivity index is 2.53. The number of hydrogen-bond donors (Lipinski definition) is 1. The summed E-state index contributed by atoms with van der Waals surface area (Å²) in [6.45, 7) is 0. The molecule has 2 rings (SSSR count). The van der Waals surface area contributed by atoms with Gasteiger partial charge in [-0.3, -0.25) is 0 Å². The van der Waals surface area contributed by atoms with Gasteiger partial charge in [-0.2, -0.15) is 0 Å². The van der Waals surface area contributed by atoms with Crippen molar-refractivity contribution in [3.63, 3.8) is 0 Å². The van der Waals surface area contributed by atoms with Crippen LogP contribution in [-0.2, 0) is 0 Å². The lowest BCUT2D eigenvalue weighted by Gasteiger charge is -2.14. The van der Waals surface area contributed by atoms with Crippen molar-refractivity contribution in [1.82, 2.24) is 0 Å². The van der Waals surface area contributed by atoms with Crippen LogP contribution in [0.25, 0.3) is 0 Å². The molecule has 0 bridgehead atoms. The average Bonchev–Trinajstić information content (AvgIpc) is 2.36. The summed E-state index contributed by atoms with van der Waals surface area (Å²) in [6.07, 6.45) is -1.61. The van der Waals surface area contributed by atoms with Crippen molar-refractivity contribution in [1.29, 1.82) is 0 Å². The largest absolute Gasteiger partial charge is 0.384 e. The molecule has 1 nitrogen and oxygen atoms in total. The monoisotopic (exact) mass is 334 g/mol. The van der Waals surface area contributed by atoms with Crippen molar-refractivity contribution in [2.45, 2.75) is 6.10 Å². The summed E-state index contributed by atoms with van der Waals surface area (Å²) in [5.74, 6) is -4.41. The Kier molecular flexibility index (Phi) is 3.91. The van der Waals surface area contributed by atoms with Crippen LogP contribution in [0.5, 0.6) is 0 Å². The molecule has 0 aliphatic heterocycles. The molecule has 2 aromatic rings. The fourth-order valence-electron chi connectivity index (χ4n) is 1.65. The van der Waals surface area contributed by atoms with Gasteiger partial charge in [-0.1, -0.05) is 12.1 Å². The fraction of sp³-hybridized carbons (Fsp3) is 0.0769. The fourth-order valence-corrected chi connectivity index (χ4v) is 2.13. The number of rotatable bonds is 2. The van der Waals surface area contributed by atoms with Crippen LogP contribution >= 0.6 is 15.9 Å². The first-order valence-electron chi connectivity index (χ1n) is 5.18. The third-order valence-electron chi connectivity index (χ3n) is 2.61. The van der Waals surface area contributed by atoms with Crippen molar-refractivity contribution in [2.24, 2.45) is 0 Å². The van der Waals surface area contributed by atoms with E-state index in [-0.39, 0.29) is 10.0 Å². The average molecular weight is 335 g/mol. The Morgan fingerprint density at radius 3 is 2.16 bits per heavy atom. The predicted octanol–water partition coefficient (Wildman–Crippen LogP) is 4.09. The Morgan fingerprint density at radius 2 is 1.47 bits per heavy atom. The molecule has 0 aliphatic rings. The lowest BCUT2D eigenvalue weighted by atomic mass is 10.0. The van der Waals surface area contributed by atoms with Crippen molar-refractivity contribution in [3.8, 4) is 0 Å². The minimum Gasteiger partial charge on any atom is -0.384 e. The summed E-state index contributed by atoms with van der Waals surface area (Å²) in [5.41, 5.74) is -0.449. The molecule has 0 aromatic heterocycles. The zero-order chi connectivity index (χ0) is 14.2. The number of aliphatic hydroxyl groups is 1. The van der Waals surface area contributed by atoms with E-state index in [0.29, 0.717) is 12.1 Å². The van der Waals surface area contributed by atoms with Crippen LogP contribution in [0.2, 0.25) is 0 Å². The van der Waals surface area contributed by atoms with Crippen molar-refractivity contribution in [3.05, 3.63) is 69.2 Å². The van der Waals surface area contributed by atoms with E-state index in [1.165, 1.54) is 12.1 Å². The molecule has 0 radical (unpaired) electrons. The summed E-state index contributed by atoms with van der Waals surface area (Å²) in [4.78, 5) is 0. The highest BCUT2D eigenvalue weighted by molar-refractivity contribution is 9.10. The Labute approximate surface area is 114 Å². The molecule has 1 atom stereocenters. The molecule has 0 saturated heterocycles. The van der Waals surface area contributed by atoms with Gasteiger partial charge in [0.1, 0.15) is 17.7 Å². The first kappa shape index (κ1) is 14.0. The van der Waals surface area contributed by atoms with E-state index in [4.69, 9.17) is 0 Å². The number of benzene rings is 2. The predicted molar refractivity (Wildman–Crippen MR) is 64.5 cm³/mol. The van der Waals surface area contributed by atoms with Crippen LogP contribution in [0.4, 0.5) is 17.6 Å². The highest BCUT2D eigenvalue weighted by Gasteiger charge is 2.21. The van der Waals surface area contributed by atoms with E-state index >= 15 is 0 Å². The maximum absolute atomic E-state index is 13.5. The molecular formula is C13H7BrF4O. The Hall–Kier alpha value is -1.40. The van der Waals surface area contributed by atoms with E-state index < -0.39 is 34.9 Å². The van der Waals surface area contributed by atoms with E-state index in [1.54, 1.807) is 0 Å². The van der Waals surface area contributed by atoms with Crippen LogP contribution in [0.1, 0.15) is 17.2 Å². The summed E-state index contributed by atoms with van der Waals surface area (Å²) in [5, 5.41) is 9.97. The third kappa shape index (κ3) is 2.64. The van der Waals surface area contributed by atoms with E-state index in [0.717, 1.165) is 6.07 Å². The number of aliphatic hydroxyl groups excluding tert-OH is 1. The first-order chi connectivity index (χ1) is 8.91. The summed E-state index contributed by atoms with van der Waals surface area (Å²) in [6, 6.07) is 4.69. The molecule has 0 fully saturated rings. The van der Waals surface area contributed by atoms with Gasteiger partial charge in [0.25, 0.3) is 0 Å². The van der Waals surface area contributed by atoms with Crippen molar-refractivity contribution >= 4 is 15.9 Å². The molecule has 0 aliphatic carbocycles. The number of hydrogen-bond acceptors (Lipinski definition) is 1. The molecule has 100 valence electrons. The van der Waals surface area contributed by atoms with Gasteiger partial charge >= 0.3 is 0 Å². The molecular weight excluding hydrogens is 328 g/mol. The summed E-state index contributed by atoms with van der Waals surface area (Å²) in [7, 11) is 0. The summed E-state index contributed by atoms with van der Waals surface area (Å²) >= 11 is 2.91. The van der Waals surface area contributed by atoms with Gasteiger partial charge in [-0.05, 0) is 28.1 Å². The molecule has 19 heavy (non-hydrogen) atoms. The normalized spacial score (nSPS) is 12.5. The molecule has 1 N–H and O–H groups in total. The number of halogens is 5. The van der Waals surface area contributed by atoms with Gasteiger partial charge in [0.2, 0.25) is 0 Å². The van der Waals surface area contributed by atoms with Crippen LogP contribution < -0.4 is 0 Å². The van der Waals surface area contributed by atoms with E-state index in [9.17, 15) is 22.7 Å². The molecule has 1 unspecified atom stereocenters. The highest BCUT2D eigenvalue weighted by atomic mass is 79.9. The second-order valence-electron chi connectivity index (χ2n) is 3.83. The van der Waals surface area contributed by atoms with Gasteiger partial charge in [0.05, 0.1) is 4.47 Å². The second-order valence-corrected chi connectivity index (χ2v) is 4.63. The van der Waals surface area contributed by atoms with Crippen LogP contribution in [-0.4, -0.2) is 5.11 Å². The molecule has 0 spiro atoms. The van der Waals surface area contributed by atoms with Crippen LogP contribution in [0.3, 0.4) is 0 Å². The Morgan fingerprint density at radius 1 is 0.842 bits per heavy atom. The van der Waals surface area contributed by atoms with Gasteiger partial charge in [-0.25, -0.2) is 17.6 Å². The molecule has 0 heterocycles. The van der Waals surface area contributed by atoms with E-state index in [1.807, 2.05) is 0 Å². The smallest absolute Gasteiger partial charge is 0.161 e. The van der Waals surface area contributed by atoms with E-state index in [2.05, 4.69) is 15.9 Å². The minimum absolute atomic E-state index is 0.0184. The molecule has 0 amide bonds. The second kappa shape index (κ2) is 5.30. The van der Waals surface area contributed by atoms with Gasteiger partial charge in [-0.15, -0.1) is 0 Å². The third-order valence-corrected chi connectivity index (χ3v) is 3.45. The minimum atomic E-state index is -1.61. The zero-order valence-corrected chi connectivity index (χ0v) is 10.9. The topological polar surface area (TPSA) is 20.2 Å². The standard InChI is InChI=1S/C13H7BrF4O/c14-12-6(2-1-3-8(12)15)13(19)7-4-10(17)11(18)5-9(7)16/h1-5,13,19H. The van der Waals surface area contributed by atoms with Crippen molar-refractivity contribution < 1.29 is 22.7 Å². The van der Waals surface area contributed by atoms with Crippen LogP contribution in [0.15, 0.2) is 34.8 Å². The quantitative estimate of drug-likeness (QED) is 0.648. The zero-order valence-electron chi connectivity index (χ0n) is 9.30. The molecule has 0 saturated carbocycles. The molecule has 2 aromatic carbocycles. The van der Waals surface area contributed by atoms with Gasteiger partial charge in [0, 0.05) is 17.2 Å². The SMILES string of the molecule is OC(c1cc(F)c(F)cc1F)c1cccc(F)c1Br. The van der Waals surface area contributed by atoms with Gasteiger partial charge in [0.15, 0.2) is 11.6 Å². The van der Waals surface area contributed by atoms with Crippen LogP contribution in [0, 0.1) is 23.3 Å². The van der Waals surface area contributed by atoms with Gasteiger partial charge < -0.3 is 5.11 Å². The summed E-state index contributed by atoms with van der Waals surface area (Å²) < 4.78 is 52.7. The lowest BCUT2D eigenvalue weighted by Crippen LogP contribution is -2.06. The maximum Gasteiger partial charge on any atom is 0.161 e. The Bertz CT molecular complexity index is 630. The maximum atomic E-state index is 13.5. The lowest BCUT2D eigenvalue weighted by molar-refractivity contribution is 0.212. The first-order valence-corrected chi connectivity index (χ1v) is 5.97. The molecule has 6 heteroatoms. The highest BCUT2D eigenvalue weighted by Crippen LogP contribution is 2.32. The van der Waals surface area contributed by atoms with Crippen molar-refractivity contribution in [2.75, 3.05) is 0 Å².